The van der Waals surface area contributed by atoms with Gasteiger partial charge in [-0.2, -0.15) is 4.99 Å². The number of para-hydroxylation sites is 1. The van der Waals surface area contributed by atoms with Crippen molar-refractivity contribution in [3.8, 4) is 5.75 Å². The highest BCUT2D eigenvalue weighted by molar-refractivity contribution is 8.18. The van der Waals surface area contributed by atoms with Crippen LogP contribution < -0.4 is 4.74 Å². The molecule has 2 heterocycles. The zero-order valence-corrected chi connectivity index (χ0v) is 18.4. The van der Waals surface area contributed by atoms with Crippen LogP contribution in [0.15, 0.2) is 70.0 Å². The normalized spacial score (nSPS) is 16.6. The van der Waals surface area contributed by atoms with Crippen LogP contribution in [0.4, 0.5) is 5.13 Å². The van der Waals surface area contributed by atoms with E-state index in [0.29, 0.717) is 28.4 Å². The van der Waals surface area contributed by atoms with E-state index in [9.17, 15) is 4.79 Å². The number of aryl methyl sites for hydroxylation is 1. The Morgan fingerprint density at radius 2 is 1.97 bits per heavy atom. The minimum Gasteiger partial charge on any atom is -0.488 e. The first-order valence-electron chi connectivity index (χ1n) is 9.61. The number of benzene rings is 2. The molecule has 0 spiro atoms. The number of thiazole rings is 1. The van der Waals surface area contributed by atoms with Gasteiger partial charge in [-0.3, -0.25) is 9.69 Å². The molecule has 152 valence electrons. The van der Waals surface area contributed by atoms with Gasteiger partial charge in [0.15, 0.2) is 5.17 Å². The largest absolute Gasteiger partial charge is 0.488 e. The fourth-order valence-electron chi connectivity index (χ4n) is 2.94. The summed E-state index contributed by atoms with van der Waals surface area (Å²) in [4.78, 5) is 23.9. The number of amidine groups is 1. The summed E-state index contributed by atoms with van der Waals surface area (Å²) in [6.07, 6.45) is 3.59. The molecular formula is C23H21N3O2S2. The number of carbonyl (C=O) groups is 1. The monoisotopic (exact) mass is 435 g/mol. The molecule has 0 saturated carbocycles. The molecule has 0 aliphatic carbocycles. The van der Waals surface area contributed by atoms with Crippen LogP contribution in [0.5, 0.6) is 5.75 Å². The highest BCUT2D eigenvalue weighted by Crippen LogP contribution is 2.35. The number of thioether (sulfide) groups is 1. The Balaban J connectivity index is 1.57. The summed E-state index contributed by atoms with van der Waals surface area (Å²) < 4.78 is 6.06. The van der Waals surface area contributed by atoms with Crippen LogP contribution in [0.3, 0.4) is 0 Å². The average molecular weight is 436 g/mol. The molecule has 30 heavy (non-hydrogen) atoms. The average Bonchev–Trinajstić information content (AvgIpc) is 3.37. The van der Waals surface area contributed by atoms with Crippen LogP contribution >= 0.6 is 23.1 Å². The summed E-state index contributed by atoms with van der Waals surface area (Å²) in [5.74, 6) is 0.693. The van der Waals surface area contributed by atoms with Gasteiger partial charge in [0.05, 0.1) is 4.91 Å². The van der Waals surface area contributed by atoms with Gasteiger partial charge in [-0.1, -0.05) is 48.0 Å². The summed E-state index contributed by atoms with van der Waals surface area (Å²) in [7, 11) is 0. The summed E-state index contributed by atoms with van der Waals surface area (Å²) in [5.41, 5.74) is 3.19. The summed E-state index contributed by atoms with van der Waals surface area (Å²) in [6.45, 7) is 5.03. The van der Waals surface area contributed by atoms with E-state index < -0.39 is 0 Å². The lowest BCUT2D eigenvalue weighted by Gasteiger charge is -2.11. The van der Waals surface area contributed by atoms with E-state index in [1.165, 1.54) is 28.7 Å². The molecular weight excluding hydrogens is 414 g/mol. The second kappa shape index (κ2) is 9.28. The number of rotatable bonds is 6. The Hall–Kier alpha value is -2.90. The highest BCUT2D eigenvalue weighted by Gasteiger charge is 2.32. The fraction of sp³-hybridized carbons (Fsp3) is 0.174. The van der Waals surface area contributed by atoms with Gasteiger partial charge in [0, 0.05) is 23.7 Å². The molecule has 1 aliphatic heterocycles. The van der Waals surface area contributed by atoms with Crippen LogP contribution in [0, 0.1) is 6.92 Å². The van der Waals surface area contributed by atoms with Crippen LogP contribution in [0.25, 0.3) is 6.08 Å². The first-order chi connectivity index (χ1) is 14.6. The van der Waals surface area contributed by atoms with Gasteiger partial charge in [0.25, 0.3) is 5.91 Å². The van der Waals surface area contributed by atoms with Crippen molar-refractivity contribution in [3.05, 3.63) is 81.7 Å². The molecule has 1 fully saturated rings. The predicted octanol–water partition coefficient (Wildman–Crippen LogP) is 5.65. The zero-order chi connectivity index (χ0) is 20.9. The van der Waals surface area contributed by atoms with Crippen LogP contribution in [0.1, 0.15) is 23.6 Å². The van der Waals surface area contributed by atoms with Gasteiger partial charge < -0.3 is 4.74 Å². The van der Waals surface area contributed by atoms with Crippen molar-refractivity contribution < 1.29 is 9.53 Å². The van der Waals surface area contributed by atoms with Crippen molar-refractivity contribution in [3.63, 3.8) is 0 Å². The number of aliphatic imine (C=N–C) groups is 1. The third kappa shape index (κ3) is 4.63. The second-order valence-electron chi connectivity index (χ2n) is 6.68. The molecule has 1 aromatic heterocycles. The number of hydrogen-bond acceptors (Lipinski definition) is 6. The predicted molar refractivity (Wildman–Crippen MR) is 124 cm³/mol. The van der Waals surface area contributed by atoms with Crippen LogP contribution in [-0.4, -0.2) is 27.5 Å². The molecule has 1 amide bonds. The Morgan fingerprint density at radius 3 is 2.70 bits per heavy atom. The molecule has 0 N–H and O–H groups in total. The molecule has 1 saturated heterocycles. The van der Waals surface area contributed by atoms with Crippen LogP contribution in [-0.2, 0) is 11.4 Å². The molecule has 0 radical (unpaired) electrons. The Kier molecular flexibility index (Phi) is 6.30. The lowest BCUT2D eigenvalue weighted by molar-refractivity contribution is -0.122. The lowest BCUT2D eigenvalue weighted by atomic mass is 10.1. The molecule has 7 heteroatoms. The third-order valence-electron chi connectivity index (χ3n) is 4.54. The van der Waals surface area contributed by atoms with Crippen molar-refractivity contribution in [1.29, 1.82) is 0 Å². The third-order valence-corrected chi connectivity index (χ3v) is 6.21. The smallest absolute Gasteiger partial charge is 0.266 e. The fourth-order valence-corrected chi connectivity index (χ4v) is 4.54. The quantitative estimate of drug-likeness (QED) is 0.469. The number of hydrogen-bond donors (Lipinski definition) is 0. The van der Waals surface area contributed by atoms with E-state index in [1.807, 2.05) is 42.6 Å². The Morgan fingerprint density at radius 1 is 1.17 bits per heavy atom. The van der Waals surface area contributed by atoms with Gasteiger partial charge in [-0.15, -0.1) is 11.3 Å². The number of nitrogens with zero attached hydrogens (tertiary/aromatic N) is 3. The highest BCUT2D eigenvalue weighted by atomic mass is 32.2. The molecule has 1 aliphatic rings. The number of carbonyl (C=O) groups excluding carboxylic acids is 1. The maximum atomic E-state index is 12.9. The number of likely N-dealkylation sites (N-methyl/N-ethyl adjacent to an activating group) is 1. The number of amides is 1. The molecule has 0 unspecified atom stereocenters. The molecule has 4 rings (SSSR count). The van der Waals surface area contributed by atoms with Gasteiger partial charge >= 0.3 is 0 Å². The van der Waals surface area contributed by atoms with Gasteiger partial charge in [-0.05, 0) is 43.3 Å². The second-order valence-corrected chi connectivity index (χ2v) is 8.56. The van der Waals surface area contributed by atoms with Crippen molar-refractivity contribution in [2.24, 2.45) is 4.99 Å². The first kappa shape index (κ1) is 20.4. The van der Waals surface area contributed by atoms with E-state index in [4.69, 9.17) is 4.74 Å². The standard InChI is InChI=1S/C23H21N3O2S2/c1-3-26-21(27)20(30-23(26)25-22-24-12-13-29-22)14-18-6-4-5-7-19(18)28-15-17-10-8-16(2)9-11-17/h4-14H,3,15H2,1-2H3/b20-14-,25-23+. The summed E-state index contributed by atoms with van der Waals surface area (Å²) in [5, 5.41) is 3.17. The number of aromatic nitrogens is 1. The Labute approximate surface area is 184 Å². The van der Waals surface area contributed by atoms with Gasteiger partial charge in [0.2, 0.25) is 5.13 Å². The van der Waals surface area contributed by atoms with E-state index in [1.54, 1.807) is 11.1 Å². The minimum absolute atomic E-state index is 0.0499. The number of ether oxygens (including phenoxy) is 1. The minimum atomic E-state index is -0.0499. The maximum absolute atomic E-state index is 12.9. The van der Waals surface area contributed by atoms with Gasteiger partial charge in [0.1, 0.15) is 12.4 Å². The molecule has 2 aromatic carbocycles. The topological polar surface area (TPSA) is 54.8 Å². The maximum Gasteiger partial charge on any atom is 0.266 e. The molecule has 0 bridgehead atoms. The summed E-state index contributed by atoms with van der Waals surface area (Å²) in [6, 6.07) is 16.0. The van der Waals surface area contributed by atoms with E-state index in [-0.39, 0.29) is 5.91 Å². The van der Waals surface area contributed by atoms with Crippen molar-refractivity contribution >= 4 is 45.4 Å². The lowest BCUT2D eigenvalue weighted by Crippen LogP contribution is -2.28. The van der Waals surface area contributed by atoms with Crippen molar-refractivity contribution in [2.45, 2.75) is 20.5 Å². The van der Waals surface area contributed by atoms with E-state index >= 15 is 0 Å². The van der Waals surface area contributed by atoms with Gasteiger partial charge in [-0.25, -0.2) is 4.98 Å². The molecule has 3 aromatic rings. The van der Waals surface area contributed by atoms with E-state index in [0.717, 1.165) is 16.9 Å². The first-order valence-corrected chi connectivity index (χ1v) is 11.3. The SMILES string of the molecule is CCN1C(=O)/C(=C/c2ccccc2OCc2ccc(C)cc2)S/C1=N/c1nccs1. The zero-order valence-electron chi connectivity index (χ0n) is 16.7. The molecule has 5 nitrogen and oxygen atoms in total. The van der Waals surface area contributed by atoms with Crippen molar-refractivity contribution in [1.82, 2.24) is 9.88 Å². The molecule has 0 atom stereocenters. The van der Waals surface area contributed by atoms with Crippen molar-refractivity contribution in [2.75, 3.05) is 6.54 Å². The summed E-state index contributed by atoms with van der Waals surface area (Å²) >= 11 is 2.82. The van der Waals surface area contributed by atoms with E-state index in [2.05, 4.69) is 41.2 Å². The Bertz CT molecular complexity index is 1090. The van der Waals surface area contributed by atoms with Crippen LogP contribution in [0.2, 0.25) is 0 Å².